The maximum Gasteiger partial charge on any atom is 0.416 e. The standard InChI is InChI=1S/C27H15ClF8N4/c28-16-6-7-18(37-12-16)26(11-13-4-2-1-3-5-13,14-8-15(27(34,35)36)10-17(29)9-14)40-25-38-23-21(32)19(30)20(31)22(33)24(23)39-25/h1-10,12H,11H2,(H2,38,39,40). The highest BCUT2D eigenvalue weighted by Crippen LogP contribution is 2.40. The van der Waals surface area contributed by atoms with Crippen LogP contribution in [0.5, 0.6) is 0 Å². The smallest absolute Gasteiger partial charge is 0.340 e. The molecule has 0 radical (unpaired) electrons. The number of H-pyrrole nitrogens is 1. The van der Waals surface area contributed by atoms with E-state index in [2.05, 4.69) is 20.3 Å². The number of benzene rings is 3. The Balaban J connectivity index is 1.81. The first-order valence-corrected chi connectivity index (χ1v) is 11.8. The van der Waals surface area contributed by atoms with E-state index in [1.807, 2.05) is 0 Å². The summed E-state index contributed by atoms with van der Waals surface area (Å²) in [7, 11) is 0. The van der Waals surface area contributed by atoms with Crippen molar-refractivity contribution in [2.45, 2.75) is 18.1 Å². The first kappa shape index (κ1) is 27.4. The largest absolute Gasteiger partial charge is 0.416 e. The van der Waals surface area contributed by atoms with E-state index in [0.29, 0.717) is 17.7 Å². The number of imidazole rings is 1. The summed E-state index contributed by atoms with van der Waals surface area (Å²) in [5, 5.41) is 2.97. The number of fused-ring (bicyclic) bond motifs is 1. The zero-order valence-electron chi connectivity index (χ0n) is 19.9. The summed E-state index contributed by atoms with van der Waals surface area (Å²) < 4.78 is 113. The van der Waals surface area contributed by atoms with Crippen LogP contribution in [0.15, 0.2) is 66.9 Å². The second-order valence-corrected chi connectivity index (χ2v) is 9.28. The molecule has 0 spiro atoms. The first-order chi connectivity index (χ1) is 18.9. The molecule has 0 aliphatic rings. The van der Waals surface area contributed by atoms with Gasteiger partial charge in [-0.25, -0.2) is 26.9 Å². The van der Waals surface area contributed by atoms with Crippen molar-refractivity contribution < 1.29 is 35.1 Å². The molecular weight excluding hydrogens is 568 g/mol. The summed E-state index contributed by atoms with van der Waals surface area (Å²) in [6.07, 6.45) is -3.94. The molecule has 2 aromatic heterocycles. The molecule has 2 heterocycles. The Morgan fingerprint density at radius 2 is 1.48 bits per heavy atom. The third kappa shape index (κ3) is 4.94. The molecule has 40 heavy (non-hydrogen) atoms. The van der Waals surface area contributed by atoms with E-state index in [1.54, 1.807) is 30.3 Å². The fourth-order valence-electron chi connectivity index (χ4n) is 4.41. The van der Waals surface area contributed by atoms with Crippen LogP contribution in [-0.4, -0.2) is 15.0 Å². The quantitative estimate of drug-likeness (QED) is 0.121. The average molecular weight is 583 g/mol. The number of nitrogens with one attached hydrogen (secondary N) is 2. The predicted molar refractivity (Wildman–Crippen MR) is 131 cm³/mol. The van der Waals surface area contributed by atoms with Crippen LogP contribution in [0.1, 0.15) is 22.4 Å². The number of alkyl halides is 3. The SMILES string of the molecule is Fc1cc(C(F)(F)F)cc(C(Cc2ccccc2)(Nc2nc3c(F)c(F)c(F)c(F)c3[nH]2)c2ccc(Cl)cn2)c1. The normalized spacial score (nSPS) is 13.4. The molecule has 5 aromatic rings. The third-order valence-corrected chi connectivity index (χ3v) is 6.46. The second kappa shape index (κ2) is 10.1. The van der Waals surface area contributed by atoms with Crippen molar-refractivity contribution in [2.24, 2.45) is 0 Å². The molecule has 5 rings (SSSR count). The minimum Gasteiger partial charge on any atom is -0.340 e. The van der Waals surface area contributed by atoms with E-state index in [-0.39, 0.29) is 22.7 Å². The van der Waals surface area contributed by atoms with E-state index in [4.69, 9.17) is 11.6 Å². The van der Waals surface area contributed by atoms with E-state index in [9.17, 15) is 35.1 Å². The molecule has 3 aromatic carbocycles. The van der Waals surface area contributed by atoms with Gasteiger partial charge < -0.3 is 10.3 Å². The van der Waals surface area contributed by atoms with Gasteiger partial charge in [0.15, 0.2) is 23.3 Å². The molecule has 1 atom stereocenters. The Morgan fingerprint density at radius 3 is 2.12 bits per heavy atom. The molecule has 0 amide bonds. The van der Waals surface area contributed by atoms with Crippen LogP contribution in [0.4, 0.5) is 41.1 Å². The number of rotatable bonds is 6. The molecule has 0 aliphatic carbocycles. The first-order valence-electron chi connectivity index (χ1n) is 11.4. The Morgan fingerprint density at radius 1 is 0.800 bits per heavy atom. The minimum absolute atomic E-state index is 0.0123. The van der Waals surface area contributed by atoms with Crippen LogP contribution >= 0.6 is 11.6 Å². The molecule has 0 saturated carbocycles. The van der Waals surface area contributed by atoms with Gasteiger partial charge in [-0.15, -0.1) is 0 Å². The maximum atomic E-state index is 14.7. The topological polar surface area (TPSA) is 53.6 Å². The molecule has 206 valence electrons. The van der Waals surface area contributed by atoms with Gasteiger partial charge in [-0.3, -0.25) is 4.98 Å². The van der Waals surface area contributed by atoms with Gasteiger partial charge in [0, 0.05) is 12.6 Å². The van der Waals surface area contributed by atoms with Crippen LogP contribution in [0.25, 0.3) is 11.0 Å². The third-order valence-electron chi connectivity index (χ3n) is 6.24. The zero-order valence-corrected chi connectivity index (χ0v) is 20.6. The molecule has 0 saturated heterocycles. The van der Waals surface area contributed by atoms with Crippen LogP contribution < -0.4 is 5.32 Å². The minimum atomic E-state index is -4.94. The lowest BCUT2D eigenvalue weighted by Crippen LogP contribution is -2.40. The van der Waals surface area contributed by atoms with Gasteiger partial charge in [0.05, 0.1) is 16.3 Å². The highest BCUT2D eigenvalue weighted by atomic mass is 35.5. The summed E-state index contributed by atoms with van der Waals surface area (Å²) in [6.45, 7) is 0. The van der Waals surface area contributed by atoms with Gasteiger partial charge >= 0.3 is 6.18 Å². The number of nitrogens with zero attached hydrogens (tertiary/aromatic N) is 2. The molecule has 2 N–H and O–H groups in total. The molecule has 13 heteroatoms. The Kier molecular flexibility index (Phi) is 6.90. The van der Waals surface area contributed by atoms with Crippen LogP contribution in [0, 0.1) is 29.1 Å². The van der Waals surface area contributed by atoms with E-state index >= 15 is 0 Å². The number of halogens is 9. The summed E-state index contributed by atoms with van der Waals surface area (Å²) in [5.41, 5.74) is -4.72. The Hall–Kier alpha value is -4.19. The van der Waals surface area contributed by atoms with E-state index < -0.39 is 63.3 Å². The summed E-state index contributed by atoms with van der Waals surface area (Å²) in [5.74, 6) is -9.47. The number of pyridine rings is 1. The fraction of sp³-hybridized carbons (Fsp3) is 0.111. The zero-order chi connectivity index (χ0) is 28.8. The van der Waals surface area contributed by atoms with Gasteiger partial charge in [-0.1, -0.05) is 41.9 Å². The summed E-state index contributed by atoms with van der Waals surface area (Å²) >= 11 is 5.99. The van der Waals surface area contributed by atoms with Crippen molar-refractivity contribution in [3.8, 4) is 0 Å². The van der Waals surface area contributed by atoms with Crippen molar-refractivity contribution >= 4 is 28.6 Å². The van der Waals surface area contributed by atoms with Gasteiger partial charge in [0.25, 0.3) is 0 Å². The van der Waals surface area contributed by atoms with Crippen molar-refractivity contribution in [3.63, 3.8) is 0 Å². The predicted octanol–water partition coefficient (Wildman–Crippen LogP) is 7.92. The number of aromatic amines is 1. The number of hydrogen-bond acceptors (Lipinski definition) is 3. The lowest BCUT2D eigenvalue weighted by Gasteiger charge is -2.35. The maximum absolute atomic E-state index is 14.7. The average Bonchev–Trinajstić information content (AvgIpc) is 3.34. The van der Waals surface area contributed by atoms with Crippen molar-refractivity contribution in [3.05, 3.63) is 123 Å². The highest BCUT2D eigenvalue weighted by Gasteiger charge is 2.41. The van der Waals surface area contributed by atoms with Gasteiger partial charge in [0.1, 0.15) is 22.4 Å². The van der Waals surface area contributed by atoms with Gasteiger partial charge in [-0.05, 0) is 41.5 Å². The molecule has 0 fully saturated rings. The van der Waals surface area contributed by atoms with Crippen molar-refractivity contribution in [1.29, 1.82) is 0 Å². The molecule has 0 aliphatic heterocycles. The summed E-state index contributed by atoms with van der Waals surface area (Å²) in [6, 6.07) is 12.9. The van der Waals surface area contributed by atoms with Crippen molar-refractivity contribution in [2.75, 3.05) is 5.32 Å². The van der Waals surface area contributed by atoms with Crippen LogP contribution in [-0.2, 0) is 18.1 Å². The Bertz CT molecular complexity index is 1660. The number of anilines is 1. The molecule has 4 nitrogen and oxygen atoms in total. The fourth-order valence-corrected chi connectivity index (χ4v) is 4.52. The van der Waals surface area contributed by atoms with Crippen LogP contribution in [0.3, 0.4) is 0 Å². The summed E-state index contributed by atoms with van der Waals surface area (Å²) in [4.78, 5) is 10.4. The van der Waals surface area contributed by atoms with E-state index in [1.165, 1.54) is 18.3 Å². The van der Waals surface area contributed by atoms with Gasteiger partial charge in [-0.2, -0.15) is 13.2 Å². The highest BCUT2D eigenvalue weighted by molar-refractivity contribution is 6.30. The van der Waals surface area contributed by atoms with E-state index in [0.717, 1.165) is 6.07 Å². The molecular formula is C27H15ClF8N4. The van der Waals surface area contributed by atoms with Crippen LogP contribution in [0.2, 0.25) is 5.02 Å². The second-order valence-electron chi connectivity index (χ2n) is 8.85. The Labute approximate surface area is 225 Å². The lowest BCUT2D eigenvalue weighted by molar-refractivity contribution is -0.137. The molecule has 0 bridgehead atoms. The van der Waals surface area contributed by atoms with Gasteiger partial charge in [0.2, 0.25) is 5.95 Å². The molecule has 1 unspecified atom stereocenters. The number of hydrogen-bond donors (Lipinski definition) is 2. The van der Waals surface area contributed by atoms with Crippen molar-refractivity contribution in [1.82, 2.24) is 15.0 Å². The monoisotopic (exact) mass is 582 g/mol. The number of aromatic nitrogens is 3. The lowest BCUT2D eigenvalue weighted by atomic mass is 9.80.